The zero-order chi connectivity index (χ0) is 10.3. The Morgan fingerprint density at radius 2 is 2.00 bits per heavy atom. The molecule has 0 bridgehead atoms. The molecule has 1 atom stereocenters. The minimum atomic E-state index is -0.565. The molecule has 0 saturated heterocycles. The maximum atomic E-state index is 11.7. The van der Waals surface area contributed by atoms with Crippen LogP contribution in [0.15, 0.2) is 18.2 Å². The number of carbonyl (C=O) groups is 2. The number of nitrogens with one attached hydrogen (secondary N) is 1. The molecule has 1 heterocycles. The number of rotatable bonds is 0. The maximum absolute atomic E-state index is 11.7. The Bertz CT molecular complexity index is 423. The first kappa shape index (κ1) is 8.94. The van der Waals surface area contributed by atoms with Crippen molar-refractivity contribution in [2.24, 2.45) is 5.92 Å². The number of Topliss-reactive ketones (excluding diaryl/α,β-unsaturated/α-hetero) is 1. The lowest BCUT2D eigenvalue weighted by molar-refractivity contribution is -0.118. The summed E-state index contributed by atoms with van der Waals surface area (Å²) in [6.07, 6.45) is 0. The van der Waals surface area contributed by atoms with Gasteiger partial charge >= 0.3 is 0 Å². The van der Waals surface area contributed by atoms with Crippen molar-refractivity contribution in [1.82, 2.24) is 0 Å². The van der Waals surface area contributed by atoms with E-state index in [9.17, 15) is 9.59 Å². The smallest absolute Gasteiger partial charge is 0.235 e. The summed E-state index contributed by atoms with van der Waals surface area (Å²) in [5.74, 6) is -0.872. The number of hydrogen-bond acceptors (Lipinski definition) is 2. The second kappa shape index (κ2) is 2.94. The zero-order valence-corrected chi connectivity index (χ0v) is 8.13. The second-order valence-electron chi connectivity index (χ2n) is 3.62. The van der Waals surface area contributed by atoms with Crippen LogP contribution in [0.4, 0.5) is 5.69 Å². The molecule has 0 aromatic heterocycles. The molecule has 1 aliphatic heterocycles. The van der Waals surface area contributed by atoms with Crippen molar-refractivity contribution in [1.29, 1.82) is 0 Å². The third kappa shape index (κ3) is 1.21. The van der Waals surface area contributed by atoms with Crippen molar-refractivity contribution in [3.05, 3.63) is 29.3 Å². The van der Waals surface area contributed by atoms with Crippen LogP contribution in [0.25, 0.3) is 0 Å². The molecule has 1 amide bonds. The number of fused-ring (bicyclic) bond motifs is 1. The Morgan fingerprint density at radius 3 is 2.71 bits per heavy atom. The molecule has 0 saturated carbocycles. The molecule has 3 heteroatoms. The van der Waals surface area contributed by atoms with E-state index in [1.54, 1.807) is 13.0 Å². The summed E-state index contributed by atoms with van der Waals surface area (Å²) in [6, 6.07) is 5.46. The molecule has 72 valence electrons. The lowest BCUT2D eigenvalue weighted by Gasteiger charge is -2.20. The van der Waals surface area contributed by atoms with Gasteiger partial charge in [0.1, 0.15) is 0 Å². The molecule has 1 unspecified atom stereocenters. The average Bonchev–Trinajstić information content (AvgIpc) is 2.16. The van der Waals surface area contributed by atoms with Crippen molar-refractivity contribution in [3.8, 4) is 0 Å². The van der Waals surface area contributed by atoms with Gasteiger partial charge in [-0.1, -0.05) is 11.6 Å². The molecule has 3 nitrogen and oxygen atoms in total. The molecule has 0 aliphatic carbocycles. The van der Waals surface area contributed by atoms with Gasteiger partial charge in [-0.2, -0.15) is 0 Å². The van der Waals surface area contributed by atoms with Crippen LogP contribution >= 0.6 is 0 Å². The van der Waals surface area contributed by atoms with E-state index in [2.05, 4.69) is 5.32 Å². The first-order chi connectivity index (χ1) is 6.59. The fraction of sp³-hybridized carbons (Fsp3) is 0.273. The van der Waals surface area contributed by atoms with Crippen molar-refractivity contribution >= 4 is 17.4 Å². The Hall–Kier alpha value is -1.64. The van der Waals surface area contributed by atoms with Crippen molar-refractivity contribution in [3.63, 3.8) is 0 Å². The van der Waals surface area contributed by atoms with Gasteiger partial charge in [-0.05, 0) is 26.0 Å². The number of ketones is 1. The Morgan fingerprint density at radius 1 is 1.29 bits per heavy atom. The van der Waals surface area contributed by atoms with Crippen LogP contribution in [-0.2, 0) is 4.79 Å². The highest BCUT2D eigenvalue weighted by atomic mass is 16.2. The van der Waals surface area contributed by atoms with Gasteiger partial charge < -0.3 is 5.32 Å². The van der Waals surface area contributed by atoms with Crippen LogP contribution in [-0.4, -0.2) is 11.7 Å². The number of amides is 1. The Labute approximate surface area is 82.1 Å². The molecule has 1 N–H and O–H groups in total. The van der Waals surface area contributed by atoms with Crippen LogP contribution in [0, 0.1) is 12.8 Å². The van der Waals surface area contributed by atoms with E-state index in [0.29, 0.717) is 11.3 Å². The van der Waals surface area contributed by atoms with E-state index in [1.807, 2.05) is 19.1 Å². The van der Waals surface area contributed by atoms with Crippen LogP contribution in [0.5, 0.6) is 0 Å². The van der Waals surface area contributed by atoms with Gasteiger partial charge in [0, 0.05) is 5.56 Å². The van der Waals surface area contributed by atoms with E-state index in [1.165, 1.54) is 0 Å². The molecule has 0 fully saturated rings. The van der Waals surface area contributed by atoms with Crippen LogP contribution in [0.1, 0.15) is 22.8 Å². The van der Waals surface area contributed by atoms with E-state index in [-0.39, 0.29) is 11.7 Å². The molecule has 2 rings (SSSR count). The normalized spacial score (nSPS) is 20.3. The van der Waals surface area contributed by atoms with Crippen molar-refractivity contribution in [2.75, 3.05) is 5.32 Å². The quantitative estimate of drug-likeness (QED) is 0.632. The van der Waals surface area contributed by atoms with Gasteiger partial charge in [0.2, 0.25) is 5.91 Å². The molecule has 0 spiro atoms. The second-order valence-corrected chi connectivity index (χ2v) is 3.62. The summed E-state index contributed by atoms with van der Waals surface area (Å²) in [5.41, 5.74) is 2.28. The van der Waals surface area contributed by atoms with Gasteiger partial charge in [-0.25, -0.2) is 0 Å². The number of hydrogen-bond donors (Lipinski definition) is 1. The minimum absolute atomic E-state index is 0.0903. The van der Waals surface area contributed by atoms with Crippen LogP contribution in [0.2, 0.25) is 0 Å². The summed E-state index contributed by atoms with van der Waals surface area (Å²) in [7, 11) is 0. The first-order valence-electron chi connectivity index (χ1n) is 4.55. The molecule has 1 aliphatic rings. The molecule has 14 heavy (non-hydrogen) atoms. The standard InChI is InChI=1S/C11H11NO2/c1-6-3-4-9-8(5-6)10(13)7(2)11(14)12-9/h3-5,7H,1-2H3,(H,12,14). The van der Waals surface area contributed by atoms with E-state index in [4.69, 9.17) is 0 Å². The number of carbonyl (C=O) groups excluding carboxylic acids is 2. The number of aryl methyl sites for hydroxylation is 1. The third-order valence-electron chi connectivity index (χ3n) is 2.48. The van der Waals surface area contributed by atoms with Crippen molar-refractivity contribution in [2.45, 2.75) is 13.8 Å². The van der Waals surface area contributed by atoms with E-state index < -0.39 is 5.92 Å². The predicted octanol–water partition coefficient (Wildman–Crippen LogP) is 1.77. The summed E-state index contributed by atoms with van der Waals surface area (Å²) in [6.45, 7) is 3.55. The topological polar surface area (TPSA) is 46.2 Å². The lowest BCUT2D eigenvalue weighted by atomic mass is 9.92. The molecule has 1 aromatic carbocycles. The van der Waals surface area contributed by atoms with Gasteiger partial charge in [-0.3, -0.25) is 9.59 Å². The van der Waals surface area contributed by atoms with Gasteiger partial charge in [-0.15, -0.1) is 0 Å². The fourth-order valence-corrected chi connectivity index (χ4v) is 1.56. The molecule has 1 aromatic rings. The zero-order valence-electron chi connectivity index (χ0n) is 8.13. The van der Waals surface area contributed by atoms with Gasteiger partial charge in [0.15, 0.2) is 5.78 Å². The largest absolute Gasteiger partial charge is 0.325 e. The Balaban J connectivity index is 2.57. The van der Waals surface area contributed by atoms with Crippen LogP contribution < -0.4 is 5.32 Å². The van der Waals surface area contributed by atoms with Gasteiger partial charge in [0.25, 0.3) is 0 Å². The summed E-state index contributed by atoms with van der Waals surface area (Å²) in [5, 5.41) is 2.71. The number of anilines is 1. The summed E-state index contributed by atoms with van der Waals surface area (Å²) < 4.78 is 0. The lowest BCUT2D eigenvalue weighted by Crippen LogP contribution is -2.33. The average molecular weight is 189 g/mol. The third-order valence-corrected chi connectivity index (χ3v) is 2.48. The highest BCUT2D eigenvalue weighted by Gasteiger charge is 2.30. The molecular formula is C11H11NO2. The maximum Gasteiger partial charge on any atom is 0.235 e. The molecule has 0 radical (unpaired) electrons. The monoisotopic (exact) mass is 189 g/mol. The molecular weight excluding hydrogens is 178 g/mol. The first-order valence-corrected chi connectivity index (χ1v) is 4.55. The SMILES string of the molecule is Cc1ccc2c(c1)C(=O)C(C)C(=O)N2. The predicted molar refractivity (Wildman–Crippen MR) is 53.3 cm³/mol. The summed E-state index contributed by atoms with van der Waals surface area (Å²) >= 11 is 0. The summed E-state index contributed by atoms with van der Waals surface area (Å²) in [4.78, 5) is 23.0. The van der Waals surface area contributed by atoms with E-state index >= 15 is 0 Å². The van der Waals surface area contributed by atoms with E-state index in [0.717, 1.165) is 5.56 Å². The highest BCUT2D eigenvalue weighted by molar-refractivity contribution is 6.20. The highest BCUT2D eigenvalue weighted by Crippen LogP contribution is 2.25. The number of benzene rings is 1. The van der Waals surface area contributed by atoms with Gasteiger partial charge in [0.05, 0.1) is 11.6 Å². The van der Waals surface area contributed by atoms with Crippen LogP contribution in [0.3, 0.4) is 0 Å². The Kier molecular flexibility index (Phi) is 1.88. The fourth-order valence-electron chi connectivity index (χ4n) is 1.56. The van der Waals surface area contributed by atoms with Crippen molar-refractivity contribution < 1.29 is 9.59 Å². The minimum Gasteiger partial charge on any atom is -0.325 e.